The van der Waals surface area contributed by atoms with Crippen molar-refractivity contribution >= 4 is 11.6 Å². The van der Waals surface area contributed by atoms with Gasteiger partial charge in [0.2, 0.25) is 0 Å². The van der Waals surface area contributed by atoms with Crippen LogP contribution < -0.4 is 10.6 Å². The summed E-state index contributed by atoms with van der Waals surface area (Å²) in [5.41, 5.74) is 7.59. The molecule has 0 aliphatic heterocycles. The molecule has 2 rings (SSSR count). The third-order valence-corrected chi connectivity index (χ3v) is 3.06. The molecule has 1 saturated carbocycles. The van der Waals surface area contributed by atoms with Crippen molar-refractivity contribution in [3.8, 4) is 0 Å². The lowest BCUT2D eigenvalue weighted by molar-refractivity contribution is -0.123. The summed E-state index contributed by atoms with van der Waals surface area (Å²) >= 11 is 0. The van der Waals surface area contributed by atoms with Crippen LogP contribution in [0.4, 0.5) is 5.69 Å². The Morgan fingerprint density at radius 1 is 1.39 bits per heavy atom. The zero-order valence-electron chi connectivity index (χ0n) is 10.8. The van der Waals surface area contributed by atoms with Gasteiger partial charge in [-0.25, -0.2) is 0 Å². The van der Waals surface area contributed by atoms with Crippen LogP contribution in [0, 0.1) is 0 Å². The topological polar surface area (TPSA) is 55.6 Å². The molecule has 2 N–H and O–H groups in total. The normalized spacial score (nSPS) is 14.6. The van der Waals surface area contributed by atoms with E-state index >= 15 is 0 Å². The van der Waals surface area contributed by atoms with Crippen LogP contribution in [0.3, 0.4) is 0 Å². The molecule has 4 heteroatoms. The summed E-state index contributed by atoms with van der Waals surface area (Å²) < 4.78 is 5.21. The lowest BCUT2D eigenvalue weighted by Gasteiger charge is -2.22. The number of amides is 1. The smallest absolute Gasteiger partial charge is 0.253 e. The molecule has 1 aliphatic carbocycles. The van der Waals surface area contributed by atoms with E-state index in [9.17, 15) is 4.79 Å². The second-order valence-electron chi connectivity index (χ2n) is 4.50. The minimum absolute atomic E-state index is 0.0415. The Kier molecular flexibility index (Phi) is 4.33. The lowest BCUT2D eigenvalue weighted by Crippen LogP contribution is -2.36. The average molecular weight is 248 g/mol. The fourth-order valence-corrected chi connectivity index (χ4v) is 1.94. The summed E-state index contributed by atoms with van der Waals surface area (Å²) in [6.07, 6.45) is 2.16. The number of carbonyl (C=O) groups excluding carboxylic acids is 1. The molecule has 1 fully saturated rings. The van der Waals surface area contributed by atoms with Gasteiger partial charge in [-0.1, -0.05) is 12.1 Å². The number of nitrogens with zero attached hydrogens (tertiary/aromatic N) is 1. The fourth-order valence-electron chi connectivity index (χ4n) is 1.94. The zero-order valence-corrected chi connectivity index (χ0v) is 10.8. The highest BCUT2D eigenvalue weighted by Crippen LogP contribution is 2.31. The van der Waals surface area contributed by atoms with Crippen LogP contribution >= 0.6 is 0 Å². The molecule has 0 bridgehead atoms. The van der Waals surface area contributed by atoms with E-state index in [2.05, 4.69) is 0 Å². The van der Waals surface area contributed by atoms with Gasteiger partial charge >= 0.3 is 0 Å². The van der Waals surface area contributed by atoms with Crippen molar-refractivity contribution in [3.63, 3.8) is 0 Å². The first-order valence-corrected chi connectivity index (χ1v) is 6.45. The van der Waals surface area contributed by atoms with Gasteiger partial charge in [-0.2, -0.15) is 0 Å². The van der Waals surface area contributed by atoms with Gasteiger partial charge in [0.05, 0.1) is 0 Å². The SMILES string of the molecule is CCOCC(=O)N(c1ccc(CN)cc1)C1CC1. The predicted molar refractivity (Wildman–Crippen MR) is 71.3 cm³/mol. The van der Waals surface area contributed by atoms with Gasteiger partial charge in [0.25, 0.3) is 5.91 Å². The van der Waals surface area contributed by atoms with Crippen molar-refractivity contribution in [3.05, 3.63) is 29.8 Å². The third-order valence-electron chi connectivity index (χ3n) is 3.06. The molecule has 1 aliphatic rings. The maximum Gasteiger partial charge on any atom is 0.253 e. The zero-order chi connectivity index (χ0) is 13.0. The molecule has 1 amide bonds. The summed E-state index contributed by atoms with van der Waals surface area (Å²) in [6.45, 7) is 3.14. The Bertz CT molecular complexity index is 399. The van der Waals surface area contributed by atoms with E-state index < -0.39 is 0 Å². The fraction of sp³-hybridized carbons (Fsp3) is 0.500. The molecule has 0 unspecified atom stereocenters. The van der Waals surface area contributed by atoms with Crippen molar-refractivity contribution in [2.24, 2.45) is 5.73 Å². The molecular formula is C14H20N2O2. The molecule has 4 nitrogen and oxygen atoms in total. The largest absolute Gasteiger partial charge is 0.372 e. The number of hydrogen-bond donors (Lipinski definition) is 1. The van der Waals surface area contributed by atoms with Gasteiger partial charge < -0.3 is 15.4 Å². The number of hydrogen-bond acceptors (Lipinski definition) is 3. The van der Waals surface area contributed by atoms with E-state index in [0.717, 1.165) is 24.1 Å². The summed E-state index contributed by atoms with van der Waals surface area (Å²) in [7, 11) is 0. The van der Waals surface area contributed by atoms with Crippen LogP contribution in [0.15, 0.2) is 24.3 Å². The van der Waals surface area contributed by atoms with Crippen molar-refractivity contribution in [1.82, 2.24) is 0 Å². The van der Waals surface area contributed by atoms with Crippen molar-refractivity contribution < 1.29 is 9.53 Å². The van der Waals surface area contributed by atoms with Crippen LogP contribution in [-0.2, 0) is 16.1 Å². The Morgan fingerprint density at radius 2 is 2.06 bits per heavy atom. The highest BCUT2D eigenvalue weighted by Gasteiger charge is 2.33. The Morgan fingerprint density at radius 3 is 2.56 bits per heavy atom. The summed E-state index contributed by atoms with van der Waals surface area (Å²) in [4.78, 5) is 14.0. The van der Waals surface area contributed by atoms with Crippen LogP contribution in [0.5, 0.6) is 0 Å². The van der Waals surface area contributed by atoms with Crippen LogP contribution in [-0.4, -0.2) is 25.2 Å². The second kappa shape index (κ2) is 5.98. The first-order valence-electron chi connectivity index (χ1n) is 6.45. The quantitative estimate of drug-likeness (QED) is 0.833. The number of carbonyl (C=O) groups is 1. The molecule has 0 spiro atoms. The van der Waals surface area contributed by atoms with Crippen LogP contribution in [0.1, 0.15) is 25.3 Å². The third kappa shape index (κ3) is 3.09. The average Bonchev–Trinajstić information content (AvgIpc) is 3.22. The molecule has 98 valence electrons. The molecular weight excluding hydrogens is 228 g/mol. The van der Waals surface area contributed by atoms with Gasteiger partial charge in [0.15, 0.2) is 0 Å². The number of ether oxygens (including phenoxy) is 1. The first-order chi connectivity index (χ1) is 8.76. The van der Waals surface area contributed by atoms with E-state index in [1.165, 1.54) is 0 Å². The van der Waals surface area contributed by atoms with Gasteiger partial charge in [-0.15, -0.1) is 0 Å². The van der Waals surface area contributed by atoms with Gasteiger partial charge in [0, 0.05) is 24.9 Å². The van der Waals surface area contributed by atoms with Gasteiger partial charge in [-0.3, -0.25) is 4.79 Å². The number of rotatable bonds is 6. The molecule has 0 atom stereocenters. The molecule has 1 aromatic rings. The van der Waals surface area contributed by atoms with Crippen molar-refractivity contribution in [1.29, 1.82) is 0 Å². The molecule has 0 saturated heterocycles. The van der Waals surface area contributed by atoms with E-state index in [4.69, 9.17) is 10.5 Å². The molecule has 0 radical (unpaired) electrons. The van der Waals surface area contributed by atoms with Crippen molar-refractivity contribution in [2.45, 2.75) is 32.4 Å². The Labute approximate surface area is 108 Å². The van der Waals surface area contributed by atoms with E-state index in [1.807, 2.05) is 36.1 Å². The van der Waals surface area contributed by atoms with E-state index in [-0.39, 0.29) is 12.5 Å². The predicted octanol–water partition coefficient (Wildman–Crippen LogP) is 1.68. The molecule has 0 aromatic heterocycles. The van der Waals surface area contributed by atoms with E-state index in [1.54, 1.807) is 0 Å². The first kappa shape index (κ1) is 13.1. The monoisotopic (exact) mass is 248 g/mol. The highest BCUT2D eigenvalue weighted by atomic mass is 16.5. The minimum atomic E-state index is 0.0415. The second-order valence-corrected chi connectivity index (χ2v) is 4.50. The standard InChI is InChI=1S/C14H20N2O2/c1-2-18-10-14(17)16(13-7-8-13)12-5-3-11(9-15)4-6-12/h3-6,13H,2,7-10,15H2,1H3. The van der Waals surface area contributed by atoms with E-state index in [0.29, 0.717) is 19.2 Å². The lowest BCUT2D eigenvalue weighted by atomic mass is 10.2. The number of nitrogens with two attached hydrogens (primary N) is 1. The minimum Gasteiger partial charge on any atom is -0.372 e. The van der Waals surface area contributed by atoms with Crippen molar-refractivity contribution in [2.75, 3.05) is 18.1 Å². The van der Waals surface area contributed by atoms with Gasteiger partial charge in [0.1, 0.15) is 6.61 Å². The Hall–Kier alpha value is -1.39. The molecule has 18 heavy (non-hydrogen) atoms. The molecule has 1 aromatic carbocycles. The summed E-state index contributed by atoms with van der Waals surface area (Å²) in [5.74, 6) is 0.0415. The van der Waals surface area contributed by atoms with Gasteiger partial charge in [-0.05, 0) is 37.5 Å². The number of benzene rings is 1. The summed E-state index contributed by atoms with van der Waals surface area (Å²) in [6, 6.07) is 8.22. The maximum atomic E-state index is 12.1. The maximum absolute atomic E-state index is 12.1. The Balaban J connectivity index is 2.10. The van der Waals surface area contributed by atoms with Crippen LogP contribution in [0.25, 0.3) is 0 Å². The molecule has 0 heterocycles. The highest BCUT2D eigenvalue weighted by molar-refractivity contribution is 5.95. The van der Waals surface area contributed by atoms with Crippen LogP contribution in [0.2, 0.25) is 0 Å². The number of anilines is 1. The summed E-state index contributed by atoms with van der Waals surface area (Å²) in [5, 5.41) is 0.